The largest absolute Gasteiger partial charge is 0.345 e. The zero-order chi connectivity index (χ0) is 24.2. The lowest BCUT2D eigenvalue weighted by molar-refractivity contribution is -0.114. The zero-order valence-electron chi connectivity index (χ0n) is 20.0. The molecule has 2 aliphatic rings. The maximum Gasteiger partial charge on any atom is 0.259 e. The van der Waals surface area contributed by atoms with E-state index in [1.807, 2.05) is 35.5 Å². The third kappa shape index (κ3) is 5.38. The predicted octanol–water partition coefficient (Wildman–Crippen LogP) is 5.01. The highest BCUT2D eigenvalue weighted by atomic mass is 32.2. The second-order valence-electron chi connectivity index (χ2n) is 8.22. The predicted molar refractivity (Wildman–Crippen MR) is 148 cm³/mol. The molecule has 1 aromatic heterocycles. The summed E-state index contributed by atoms with van der Waals surface area (Å²) in [5, 5.41) is 3.24. The molecule has 6 nitrogen and oxygen atoms in total. The number of allylic oxidation sites excluding steroid dienone is 2. The average molecular weight is 514 g/mol. The smallest absolute Gasteiger partial charge is 0.259 e. The van der Waals surface area contributed by atoms with Gasteiger partial charge in [0.05, 0.1) is 17.0 Å². The third-order valence-corrected chi connectivity index (χ3v) is 8.85. The minimum Gasteiger partial charge on any atom is -0.345 e. The summed E-state index contributed by atoms with van der Waals surface area (Å²) in [6.45, 7) is 14.6. The van der Waals surface area contributed by atoms with Crippen LogP contribution in [-0.4, -0.2) is 65.5 Å². The number of fused-ring (bicyclic) bond motifs is 1. The van der Waals surface area contributed by atoms with Gasteiger partial charge in [0.2, 0.25) is 0 Å². The van der Waals surface area contributed by atoms with Crippen molar-refractivity contribution in [1.82, 2.24) is 13.6 Å². The van der Waals surface area contributed by atoms with Gasteiger partial charge >= 0.3 is 0 Å². The van der Waals surface area contributed by atoms with Gasteiger partial charge in [-0.2, -0.15) is 0 Å². The highest BCUT2D eigenvalue weighted by molar-refractivity contribution is 7.97. The summed E-state index contributed by atoms with van der Waals surface area (Å²) in [4.78, 5) is 23.4. The molecular weight excluding hydrogens is 483 g/mol. The summed E-state index contributed by atoms with van der Waals surface area (Å²) < 4.78 is 4.36. The van der Waals surface area contributed by atoms with E-state index in [0.29, 0.717) is 12.1 Å². The van der Waals surface area contributed by atoms with Crippen molar-refractivity contribution in [1.29, 1.82) is 0 Å². The Balaban J connectivity index is 1.39. The Labute approximate surface area is 215 Å². The quantitative estimate of drug-likeness (QED) is 0.279. The van der Waals surface area contributed by atoms with Gasteiger partial charge in [-0.25, -0.2) is 9.29 Å². The molecule has 0 N–H and O–H groups in total. The molecule has 0 unspecified atom stereocenters. The van der Waals surface area contributed by atoms with Gasteiger partial charge in [-0.1, -0.05) is 31.2 Å². The van der Waals surface area contributed by atoms with E-state index in [1.165, 1.54) is 22.4 Å². The molecule has 1 amide bonds. The first-order valence-electron chi connectivity index (χ1n) is 11.3. The van der Waals surface area contributed by atoms with Gasteiger partial charge in [0.25, 0.3) is 5.91 Å². The number of benzene rings is 1. The molecule has 0 radical (unpaired) electrons. The second kappa shape index (κ2) is 11.0. The number of hydrogen-bond acceptors (Lipinski definition) is 8. The molecule has 0 bridgehead atoms. The number of carbonyl (C=O) groups excluding carboxylic acids is 1. The average Bonchev–Trinajstić information content (AvgIpc) is 3.47. The van der Waals surface area contributed by atoms with Crippen LogP contribution in [0.4, 0.5) is 10.8 Å². The van der Waals surface area contributed by atoms with Gasteiger partial charge in [0.1, 0.15) is 0 Å². The van der Waals surface area contributed by atoms with E-state index in [0.717, 1.165) is 54.8 Å². The number of nitrogens with zero attached hydrogens (tertiary/aromatic N) is 5. The molecule has 4 rings (SSSR count). The van der Waals surface area contributed by atoms with Crippen LogP contribution >= 0.6 is 35.2 Å². The summed E-state index contributed by atoms with van der Waals surface area (Å²) in [5.41, 5.74) is 4.56. The second-order valence-corrected chi connectivity index (χ2v) is 11.1. The lowest BCUT2D eigenvalue weighted by atomic mass is 10.1. The van der Waals surface area contributed by atoms with Crippen molar-refractivity contribution in [3.8, 4) is 0 Å². The topological polar surface area (TPSA) is 42.9 Å². The van der Waals surface area contributed by atoms with Gasteiger partial charge in [-0.05, 0) is 55.1 Å². The van der Waals surface area contributed by atoms with Crippen molar-refractivity contribution in [2.75, 3.05) is 55.8 Å². The van der Waals surface area contributed by atoms with Crippen molar-refractivity contribution in [2.45, 2.75) is 18.2 Å². The number of aromatic nitrogens is 1. The maximum absolute atomic E-state index is 13.3. The lowest BCUT2D eigenvalue weighted by Crippen LogP contribution is -2.43. The standard InChI is InChI=1S/C25H31N5OS3/c1-6-7-22(27(4)32-5)19(3)24(31)30-11-10-20-16-21(8-9-23(20)30)34-29-14-12-28(13-15-29)25-26-18(2)17-33-25/h6-9,16-17H,1,3,10-15H2,2,4-5H3/b22-7+. The SMILES string of the molecule is C=C/C=C(\C(=C)C(=O)N1CCc2cc(SN3CCN(c4nc(C)cs4)CC3)ccc21)N(C)SC. The molecule has 0 saturated carbocycles. The van der Waals surface area contributed by atoms with Crippen LogP contribution in [0.15, 0.2) is 65.1 Å². The highest BCUT2D eigenvalue weighted by Crippen LogP contribution is 2.35. The maximum atomic E-state index is 13.3. The number of amides is 1. The van der Waals surface area contributed by atoms with Crippen LogP contribution in [0.5, 0.6) is 0 Å². The molecule has 2 aromatic rings. The molecule has 0 spiro atoms. The minimum atomic E-state index is -0.0540. The molecule has 1 fully saturated rings. The van der Waals surface area contributed by atoms with Gasteiger partial charge in [-0.3, -0.25) is 4.79 Å². The molecule has 1 saturated heterocycles. The minimum absolute atomic E-state index is 0.0540. The summed E-state index contributed by atoms with van der Waals surface area (Å²) in [7, 11) is 1.93. The summed E-state index contributed by atoms with van der Waals surface area (Å²) in [6.07, 6.45) is 6.36. The Morgan fingerprint density at radius 2 is 2.00 bits per heavy atom. The summed E-state index contributed by atoms with van der Waals surface area (Å²) in [5.74, 6) is -0.0540. The molecule has 3 heterocycles. The molecule has 2 aliphatic heterocycles. The van der Waals surface area contributed by atoms with Crippen molar-refractivity contribution >= 4 is 52.0 Å². The number of aryl methyl sites for hydroxylation is 1. The first kappa shape index (κ1) is 24.9. The van der Waals surface area contributed by atoms with Crippen LogP contribution in [0, 0.1) is 6.92 Å². The monoisotopic (exact) mass is 513 g/mol. The van der Waals surface area contributed by atoms with Crippen LogP contribution in [0.3, 0.4) is 0 Å². The van der Waals surface area contributed by atoms with Crippen LogP contribution in [0.25, 0.3) is 0 Å². The molecule has 1 aromatic carbocycles. The zero-order valence-corrected chi connectivity index (χ0v) is 22.4. The van der Waals surface area contributed by atoms with Crippen molar-refractivity contribution in [3.05, 3.63) is 71.4 Å². The molecular formula is C25H31N5OS3. The number of rotatable bonds is 8. The van der Waals surface area contributed by atoms with E-state index in [1.54, 1.807) is 29.4 Å². The highest BCUT2D eigenvalue weighted by Gasteiger charge is 2.29. The summed E-state index contributed by atoms with van der Waals surface area (Å²) >= 11 is 5.07. The van der Waals surface area contributed by atoms with E-state index in [9.17, 15) is 4.79 Å². The Hall–Kier alpha value is -2.20. The van der Waals surface area contributed by atoms with E-state index >= 15 is 0 Å². The Morgan fingerprint density at radius 3 is 2.65 bits per heavy atom. The molecule has 34 heavy (non-hydrogen) atoms. The van der Waals surface area contributed by atoms with Crippen molar-refractivity contribution in [2.24, 2.45) is 0 Å². The Kier molecular flexibility index (Phi) is 8.08. The van der Waals surface area contributed by atoms with Crippen LogP contribution in [0.2, 0.25) is 0 Å². The fraction of sp³-hybridized carbons (Fsp3) is 0.360. The number of piperazine rings is 1. The molecule has 0 atom stereocenters. The van der Waals surface area contributed by atoms with Gasteiger partial charge in [0.15, 0.2) is 5.13 Å². The Morgan fingerprint density at radius 1 is 1.24 bits per heavy atom. The number of anilines is 2. The lowest BCUT2D eigenvalue weighted by Gasteiger charge is -2.33. The normalized spacial score (nSPS) is 16.5. The van der Waals surface area contributed by atoms with E-state index in [4.69, 9.17) is 0 Å². The fourth-order valence-electron chi connectivity index (χ4n) is 4.13. The Bertz CT molecular complexity index is 1100. The third-order valence-electron chi connectivity index (χ3n) is 6.00. The van der Waals surface area contributed by atoms with E-state index in [2.05, 4.69) is 50.9 Å². The van der Waals surface area contributed by atoms with Crippen LogP contribution in [-0.2, 0) is 11.2 Å². The molecule has 180 valence electrons. The number of carbonyl (C=O) groups is 1. The number of thiazole rings is 1. The molecule has 9 heteroatoms. The van der Waals surface area contributed by atoms with Crippen LogP contribution in [0.1, 0.15) is 11.3 Å². The van der Waals surface area contributed by atoms with E-state index in [-0.39, 0.29) is 5.91 Å². The first-order valence-corrected chi connectivity index (χ1v) is 14.1. The number of likely N-dealkylation sites (N-methyl/N-ethyl adjacent to an activating group) is 1. The van der Waals surface area contributed by atoms with Crippen molar-refractivity contribution < 1.29 is 4.79 Å². The fourth-order valence-corrected chi connectivity index (χ4v) is 6.32. The van der Waals surface area contributed by atoms with Gasteiger partial charge < -0.3 is 14.1 Å². The van der Waals surface area contributed by atoms with Crippen LogP contribution < -0.4 is 9.80 Å². The number of hydrogen-bond donors (Lipinski definition) is 0. The summed E-state index contributed by atoms with van der Waals surface area (Å²) in [6, 6.07) is 6.45. The van der Waals surface area contributed by atoms with Crippen molar-refractivity contribution in [3.63, 3.8) is 0 Å². The molecule has 0 aliphatic carbocycles. The van der Waals surface area contributed by atoms with Gasteiger partial charge in [0, 0.05) is 62.0 Å². The van der Waals surface area contributed by atoms with E-state index < -0.39 is 0 Å². The first-order chi connectivity index (χ1) is 16.4. The van der Waals surface area contributed by atoms with Gasteiger partial charge in [-0.15, -0.1) is 11.3 Å².